The Morgan fingerprint density at radius 1 is 1.00 bits per heavy atom. The van der Waals surface area contributed by atoms with Crippen LogP contribution < -0.4 is 25.8 Å². The first-order valence-corrected chi connectivity index (χ1v) is 9.29. The van der Waals surface area contributed by atoms with Gasteiger partial charge in [-0.15, -0.1) is 0 Å². The van der Waals surface area contributed by atoms with E-state index in [4.69, 9.17) is 15.2 Å². The zero-order valence-corrected chi connectivity index (χ0v) is 14.8. The van der Waals surface area contributed by atoms with E-state index in [0.29, 0.717) is 24.1 Å². The molecule has 4 rings (SSSR count). The average Bonchev–Trinajstić information content (AvgIpc) is 2.97. The molecule has 1 aliphatic heterocycles. The molecule has 0 radical (unpaired) electrons. The van der Waals surface area contributed by atoms with Gasteiger partial charge in [0.05, 0.1) is 0 Å². The van der Waals surface area contributed by atoms with Gasteiger partial charge in [0.15, 0.2) is 23.1 Å². The molecule has 2 heterocycles. The maximum atomic E-state index is 6.30. The van der Waals surface area contributed by atoms with Crippen LogP contribution in [-0.4, -0.2) is 22.8 Å². The Labute approximate surface area is 153 Å². The molecule has 4 N–H and O–H groups in total. The van der Waals surface area contributed by atoms with E-state index in [-0.39, 0.29) is 6.79 Å². The fourth-order valence-electron chi connectivity index (χ4n) is 3.51. The first kappa shape index (κ1) is 16.8. The molecule has 1 saturated carbocycles. The van der Waals surface area contributed by atoms with Crippen LogP contribution in [0.3, 0.4) is 0 Å². The van der Waals surface area contributed by atoms with Crippen molar-refractivity contribution in [1.29, 1.82) is 0 Å². The van der Waals surface area contributed by atoms with Crippen LogP contribution in [0.25, 0.3) is 0 Å². The van der Waals surface area contributed by atoms with E-state index in [2.05, 4.69) is 20.6 Å². The van der Waals surface area contributed by atoms with E-state index in [1.165, 1.54) is 38.5 Å². The van der Waals surface area contributed by atoms with Gasteiger partial charge in [0.25, 0.3) is 0 Å². The van der Waals surface area contributed by atoms with Crippen LogP contribution in [0.1, 0.15) is 44.1 Å². The maximum Gasteiger partial charge on any atom is 0.231 e. The van der Waals surface area contributed by atoms with Gasteiger partial charge in [0, 0.05) is 12.6 Å². The number of fused-ring (bicyclic) bond motifs is 1. The number of aromatic nitrogens is 2. The molecule has 0 amide bonds. The van der Waals surface area contributed by atoms with Crippen molar-refractivity contribution in [3.05, 3.63) is 30.1 Å². The van der Waals surface area contributed by atoms with Crippen LogP contribution in [0.4, 0.5) is 17.3 Å². The molecule has 2 aromatic rings. The lowest BCUT2D eigenvalue weighted by atomic mass is 10.1. The van der Waals surface area contributed by atoms with Crippen molar-refractivity contribution in [1.82, 2.24) is 9.97 Å². The fourth-order valence-corrected chi connectivity index (χ4v) is 3.51. The number of benzene rings is 1. The molecule has 7 nitrogen and oxygen atoms in total. The normalized spacial score (nSPS) is 16.9. The fraction of sp³-hybridized carbons (Fsp3) is 0.474. The smallest absolute Gasteiger partial charge is 0.231 e. The summed E-state index contributed by atoms with van der Waals surface area (Å²) in [5.41, 5.74) is 7.94. The van der Waals surface area contributed by atoms with E-state index in [1.54, 1.807) is 6.33 Å². The summed E-state index contributed by atoms with van der Waals surface area (Å²) >= 11 is 0. The van der Waals surface area contributed by atoms with Gasteiger partial charge < -0.3 is 25.8 Å². The predicted molar refractivity (Wildman–Crippen MR) is 101 cm³/mol. The summed E-state index contributed by atoms with van der Waals surface area (Å²) in [5.74, 6) is 2.93. The van der Waals surface area contributed by atoms with Crippen molar-refractivity contribution >= 4 is 17.3 Å². The van der Waals surface area contributed by atoms with Gasteiger partial charge >= 0.3 is 0 Å². The molecule has 1 aliphatic carbocycles. The molecule has 0 unspecified atom stereocenters. The van der Waals surface area contributed by atoms with E-state index in [9.17, 15) is 0 Å². The van der Waals surface area contributed by atoms with Gasteiger partial charge in [-0.1, -0.05) is 31.7 Å². The molecule has 138 valence electrons. The standard InChI is InChI=1S/C19H25N5O2/c20-17-18(21-10-13-7-8-15-16(9-13)26-12-25-15)22-11-23-19(17)24-14-5-3-1-2-4-6-14/h7-9,11,14H,1-6,10,12,20H2,(H2,21,22,23,24). The number of hydrogen-bond donors (Lipinski definition) is 3. The Kier molecular flexibility index (Phi) is 4.95. The van der Waals surface area contributed by atoms with Crippen LogP contribution in [0.15, 0.2) is 24.5 Å². The van der Waals surface area contributed by atoms with Gasteiger partial charge in [-0.05, 0) is 30.5 Å². The average molecular weight is 355 g/mol. The molecular formula is C19H25N5O2. The zero-order chi connectivity index (χ0) is 17.8. The third-order valence-corrected chi connectivity index (χ3v) is 4.98. The predicted octanol–water partition coefficient (Wildman–Crippen LogP) is 3.53. The van der Waals surface area contributed by atoms with Crippen LogP contribution in [-0.2, 0) is 6.54 Å². The molecular weight excluding hydrogens is 330 g/mol. The lowest BCUT2D eigenvalue weighted by Crippen LogP contribution is -2.20. The van der Waals surface area contributed by atoms with E-state index < -0.39 is 0 Å². The SMILES string of the molecule is Nc1c(NCc2ccc3c(c2)OCO3)ncnc1NC1CCCCCC1. The summed E-state index contributed by atoms with van der Waals surface area (Å²) < 4.78 is 10.8. The quantitative estimate of drug-likeness (QED) is 0.706. The molecule has 7 heteroatoms. The van der Waals surface area contributed by atoms with Crippen molar-refractivity contribution in [3.63, 3.8) is 0 Å². The summed E-state index contributed by atoms with van der Waals surface area (Å²) in [5, 5.41) is 6.81. The molecule has 1 aromatic heterocycles. The van der Waals surface area contributed by atoms with Crippen molar-refractivity contribution in [2.75, 3.05) is 23.2 Å². The lowest BCUT2D eigenvalue weighted by molar-refractivity contribution is 0.174. The monoisotopic (exact) mass is 355 g/mol. The zero-order valence-electron chi connectivity index (χ0n) is 14.8. The highest BCUT2D eigenvalue weighted by molar-refractivity contribution is 5.74. The number of nitrogen functional groups attached to an aromatic ring is 1. The number of nitrogens with one attached hydrogen (secondary N) is 2. The Morgan fingerprint density at radius 3 is 2.62 bits per heavy atom. The molecule has 0 bridgehead atoms. The Morgan fingerprint density at radius 2 is 1.77 bits per heavy atom. The number of ether oxygens (including phenoxy) is 2. The van der Waals surface area contributed by atoms with Crippen molar-refractivity contribution in [2.45, 2.75) is 51.1 Å². The second kappa shape index (κ2) is 7.68. The topological polar surface area (TPSA) is 94.3 Å². The number of anilines is 3. The molecule has 26 heavy (non-hydrogen) atoms. The van der Waals surface area contributed by atoms with Gasteiger partial charge in [0.2, 0.25) is 6.79 Å². The first-order valence-electron chi connectivity index (χ1n) is 9.29. The van der Waals surface area contributed by atoms with Gasteiger partial charge in [0.1, 0.15) is 12.0 Å². The van der Waals surface area contributed by atoms with E-state index in [0.717, 1.165) is 22.9 Å². The number of hydrogen-bond acceptors (Lipinski definition) is 7. The van der Waals surface area contributed by atoms with Crippen molar-refractivity contribution in [2.24, 2.45) is 0 Å². The Balaban J connectivity index is 1.42. The minimum Gasteiger partial charge on any atom is -0.454 e. The summed E-state index contributed by atoms with van der Waals surface area (Å²) in [7, 11) is 0. The van der Waals surface area contributed by atoms with E-state index >= 15 is 0 Å². The molecule has 1 fully saturated rings. The highest BCUT2D eigenvalue weighted by atomic mass is 16.7. The summed E-state index contributed by atoms with van der Waals surface area (Å²) in [6, 6.07) is 6.33. The van der Waals surface area contributed by atoms with Crippen molar-refractivity contribution in [3.8, 4) is 11.5 Å². The van der Waals surface area contributed by atoms with Gasteiger partial charge in [-0.2, -0.15) is 0 Å². The van der Waals surface area contributed by atoms with Crippen molar-refractivity contribution < 1.29 is 9.47 Å². The molecule has 0 spiro atoms. The minimum atomic E-state index is 0.279. The Bertz CT molecular complexity index is 760. The molecule has 0 atom stereocenters. The largest absolute Gasteiger partial charge is 0.454 e. The maximum absolute atomic E-state index is 6.30. The number of nitrogens with zero attached hydrogens (tertiary/aromatic N) is 2. The summed E-state index contributed by atoms with van der Waals surface area (Å²) in [6.07, 6.45) is 9.06. The molecule has 1 aromatic carbocycles. The summed E-state index contributed by atoms with van der Waals surface area (Å²) in [4.78, 5) is 8.64. The van der Waals surface area contributed by atoms with Crippen LogP contribution in [0, 0.1) is 0 Å². The highest BCUT2D eigenvalue weighted by Crippen LogP contribution is 2.33. The lowest BCUT2D eigenvalue weighted by Gasteiger charge is -2.19. The third kappa shape index (κ3) is 3.76. The third-order valence-electron chi connectivity index (χ3n) is 4.98. The van der Waals surface area contributed by atoms with Crippen LogP contribution >= 0.6 is 0 Å². The number of rotatable bonds is 5. The first-order chi connectivity index (χ1) is 12.8. The molecule has 2 aliphatic rings. The minimum absolute atomic E-state index is 0.279. The van der Waals surface area contributed by atoms with Crippen LogP contribution in [0.5, 0.6) is 11.5 Å². The second-order valence-electron chi connectivity index (χ2n) is 6.86. The second-order valence-corrected chi connectivity index (χ2v) is 6.86. The number of nitrogens with two attached hydrogens (primary N) is 1. The van der Waals surface area contributed by atoms with Gasteiger partial charge in [-0.3, -0.25) is 0 Å². The summed E-state index contributed by atoms with van der Waals surface area (Å²) in [6.45, 7) is 0.877. The molecule has 0 saturated heterocycles. The highest BCUT2D eigenvalue weighted by Gasteiger charge is 2.16. The van der Waals surface area contributed by atoms with Gasteiger partial charge in [-0.25, -0.2) is 9.97 Å². The Hall–Kier alpha value is -2.70. The van der Waals surface area contributed by atoms with Crippen LogP contribution in [0.2, 0.25) is 0 Å². The van der Waals surface area contributed by atoms with E-state index in [1.807, 2.05) is 18.2 Å².